The van der Waals surface area contributed by atoms with E-state index < -0.39 is 0 Å². The van der Waals surface area contributed by atoms with Gasteiger partial charge in [0.25, 0.3) is 5.91 Å². The SMILES string of the molecule is CN1CCc2c(sc3c2C(=O)N[C@H](/C=C/c2ccco2)N3)C1. The van der Waals surface area contributed by atoms with E-state index in [9.17, 15) is 4.79 Å². The molecule has 0 aromatic carbocycles. The number of fused-ring (bicyclic) bond motifs is 3. The summed E-state index contributed by atoms with van der Waals surface area (Å²) in [4.78, 5) is 16.0. The molecule has 0 unspecified atom stereocenters. The third-order valence-electron chi connectivity index (χ3n) is 4.04. The van der Waals surface area contributed by atoms with E-state index in [0.717, 1.165) is 35.8 Å². The standard InChI is InChI=1S/C16H17N3O2S/c1-19-7-6-11-12(9-19)22-16-14(11)15(20)17-13(18-16)5-4-10-3-2-8-21-10/h2-5,8,13,18H,6-7,9H2,1H3,(H,17,20)/b5-4+/t13-/m0/s1. The van der Waals surface area contributed by atoms with Crippen molar-refractivity contribution >= 4 is 28.3 Å². The van der Waals surface area contributed by atoms with Gasteiger partial charge in [-0.3, -0.25) is 4.79 Å². The molecule has 2 aliphatic heterocycles. The molecule has 22 heavy (non-hydrogen) atoms. The fraction of sp³-hybridized carbons (Fsp3) is 0.312. The first-order valence-electron chi connectivity index (χ1n) is 7.33. The Bertz CT molecular complexity index is 733. The number of amides is 1. The Morgan fingerprint density at radius 2 is 2.36 bits per heavy atom. The van der Waals surface area contributed by atoms with E-state index in [1.807, 2.05) is 24.3 Å². The molecular formula is C16H17N3O2S. The second-order valence-corrected chi connectivity index (χ2v) is 6.77. The van der Waals surface area contributed by atoms with Gasteiger partial charge in [0.2, 0.25) is 0 Å². The molecule has 0 saturated carbocycles. The highest BCUT2D eigenvalue weighted by molar-refractivity contribution is 7.16. The second kappa shape index (κ2) is 5.30. The van der Waals surface area contributed by atoms with Crippen molar-refractivity contribution < 1.29 is 9.21 Å². The lowest BCUT2D eigenvalue weighted by Gasteiger charge is -2.25. The van der Waals surface area contributed by atoms with Crippen molar-refractivity contribution in [3.63, 3.8) is 0 Å². The van der Waals surface area contributed by atoms with E-state index in [1.54, 1.807) is 17.6 Å². The summed E-state index contributed by atoms with van der Waals surface area (Å²) in [5.74, 6) is 0.791. The van der Waals surface area contributed by atoms with Crippen LogP contribution in [0, 0.1) is 0 Å². The van der Waals surface area contributed by atoms with E-state index in [0.29, 0.717) is 0 Å². The highest BCUT2D eigenvalue weighted by Crippen LogP contribution is 2.38. The van der Waals surface area contributed by atoms with Crippen LogP contribution in [0.15, 0.2) is 28.9 Å². The summed E-state index contributed by atoms with van der Waals surface area (Å²) in [7, 11) is 2.12. The molecule has 6 heteroatoms. The molecule has 2 aromatic heterocycles. The number of carbonyl (C=O) groups is 1. The Labute approximate surface area is 132 Å². The van der Waals surface area contributed by atoms with Crippen molar-refractivity contribution in [3.8, 4) is 0 Å². The summed E-state index contributed by atoms with van der Waals surface area (Å²) in [5.41, 5.74) is 2.06. The van der Waals surface area contributed by atoms with Gasteiger partial charge in [-0.05, 0) is 43.3 Å². The number of nitrogens with one attached hydrogen (secondary N) is 2. The molecule has 5 nitrogen and oxygen atoms in total. The summed E-state index contributed by atoms with van der Waals surface area (Å²) in [5, 5.41) is 7.38. The number of nitrogens with zero attached hydrogens (tertiary/aromatic N) is 1. The number of likely N-dealkylation sites (N-methyl/N-ethyl adjacent to an activating group) is 1. The van der Waals surface area contributed by atoms with Crippen molar-refractivity contribution in [3.05, 3.63) is 46.2 Å². The molecule has 0 spiro atoms. The van der Waals surface area contributed by atoms with Crippen molar-refractivity contribution in [2.45, 2.75) is 19.1 Å². The molecule has 1 atom stereocenters. The largest absolute Gasteiger partial charge is 0.465 e. The smallest absolute Gasteiger partial charge is 0.256 e. The van der Waals surface area contributed by atoms with Gasteiger partial charge in [0.1, 0.15) is 16.9 Å². The average Bonchev–Trinajstić information content (AvgIpc) is 3.11. The van der Waals surface area contributed by atoms with Crippen LogP contribution in [0.4, 0.5) is 5.00 Å². The van der Waals surface area contributed by atoms with Crippen LogP contribution in [-0.2, 0) is 13.0 Å². The first-order chi connectivity index (χ1) is 10.7. The molecule has 2 aromatic rings. The molecule has 0 radical (unpaired) electrons. The molecular weight excluding hydrogens is 298 g/mol. The highest BCUT2D eigenvalue weighted by atomic mass is 32.1. The molecule has 0 aliphatic carbocycles. The lowest BCUT2D eigenvalue weighted by atomic mass is 10.0. The highest BCUT2D eigenvalue weighted by Gasteiger charge is 2.31. The van der Waals surface area contributed by atoms with Gasteiger partial charge in [0.05, 0.1) is 11.8 Å². The molecule has 0 bridgehead atoms. The quantitative estimate of drug-likeness (QED) is 0.894. The van der Waals surface area contributed by atoms with Crippen LogP contribution in [0.2, 0.25) is 0 Å². The summed E-state index contributed by atoms with van der Waals surface area (Å²) in [6.07, 6.45) is 6.14. The average molecular weight is 315 g/mol. The molecule has 0 fully saturated rings. The maximum absolute atomic E-state index is 12.5. The van der Waals surface area contributed by atoms with Gasteiger partial charge >= 0.3 is 0 Å². The molecule has 0 saturated heterocycles. The van der Waals surface area contributed by atoms with Gasteiger partial charge in [0.15, 0.2) is 0 Å². The first-order valence-corrected chi connectivity index (χ1v) is 8.14. The number of hydrogen-bond donors (Lipinski definition) is 2. The monoisotopic (exact) mass is 315 g/mol. The number of rotatable bonds is 2. The maximum Gasteiger partial charge on any atom is 0.256 e. The molecule has 2 N–H and O–H groups in total. The van der Waals surface area contributed by atoms with Crippen molar-refractivity contribution in [2.75, 3.05) is 18.9 Å². The minimum atomic E-state index is -0.206. The summed E-state index contributed by atoms with van der Waals surface area (Å²) in [6, 6.07) is 3.72. The van der Waals surface area contributed by atoms with Gasteiger partial charge < -0.3 is 20.0 Å². The van der Waals surface area contributed by atoms with Gasteiger partial charge in [-0.1, -0.05) is 0 Å². The number of anilines is 1. The Morgan fingerprint density at radius 3 is 3.18 bits per heavy atom. The van der Waals surface area contributed by atoms with E-state index in [1.165, 1.54) is 10.4 Å². The molecule has 1 amide bonds. The zero-order valence-corrected chi connectivity index (χ0v) is 13.1. The minimum Gasteiger partial charge on any atom is -0.465 e. The Balaban J connectivity index is 1.60. The number of furan rings is 1. The van der Waals surface area contributed by atoms with Gasteiger partial charge in [-0.2, -0.15) is 0 Å². The third-order valence-corrected chi connectivity index (χ3v) is 5.19. The maximum atomic E-state index is 12.5. The number of carbonyl (C=O) groups excluding carboxylic acids is 1. The number of thiophene rings is 1. The van der Waals surface area contributed by atoms with Crippen LogP contribution in [-0.4, -0.2) is 30.6 Å². The van der Waals surface area contributed by atoms with E-state index in [4.69, 9.17) is 4.42 Å². The minimum absolute atomic E-state index is 0.0184. The van der Waals surface area contributed by atoms with E-state index in [2.05, 4.69) is 22.6 Å². The Hall–Kier alpha value is -2.05. The van der Waals surface area contributed by atoms with Crippen molar-refractivity contribution in [2.24, 2.45) is 0 Å². The van der Waals surface area contributed by atoms with E-state index >= 15 is 0 Å². The number of hydrogen-bond acceptors (Lipinski definition) is 5. The normalized spacial score (nSPS) is 21.3. The summed E-state index contributed by atoms with van der Waals surface area (Å²) in [6.45, 7) is 1.93. The second-order valence-electron chi connectivity index (χ2n) is 5.67. The molecule has 4 heterocycles. The molecule has 114 valence electrons. The summed E-state index contributed by atoms with van der Waals surface area (Å²) < 4.78 is 5.27. The Morgan fingerprint density at radius 1 is 1.45 bits per heavy atom. The third kappa shape index (κ3) is 2.34. The van der Waals surface area contributed by atoms with Gasteiger partial charge in [0, 0.05) is 18.0 Å². The fourth-order valence-electron chi connectivity index (χ4n) is 2.94. The van der Waals surface area contributed by atoms with Crippen LogP contribution in [0.25, 0.3) is 6.08 Å². The van der Waals surface area contributed by atoms with E-state index in [-0.39, 0.29) is 12.1 Å². The lowest BCUT2D eigenvalue weighted by molar-refractivity contribution is 0.0942. The van der Waals surface area contributed by atoms with Gasteiger partial charge in [-0.15, -0.1) is 11.3 Å². The van der Waals surface area contributed by atoms with Crippen LogP contribution in [0.1, 0.15) is 26.6 Å². The Kier molecular flexibility index (Phi) is 3.28. The van der Waals surface area contributed by atoms with Crippen molar-refractivity contribution in [1.82, 2.24) is 10.2 Å². The predicted molar refractivity (Wildman–Crippen MR) is 87.0 cm³/mol. The summed E-state index contributed by atoms with van der Waals surface area (Å²) >= 11 is 1.70. The molecule has 4 rings (SSSR count). The first kappa shape index (κ1) is 13.6. The topological polar surface area (TPSA) is 57.5 Å². The van der Waals surface area contributed by atoms with Crippen LogP contribution < -0.4 is 10.6 Å². The zero-order chi connectivity index (χ0) is 15.1. The van der Waals surface area contributed by atoms with Crippen LogP contribution >= 0.6 is 11.3 Å². The zero-order valence-electron chi connectivity index (χ0n) is 12.3. The predicted octanol–water partition coefficient (Wildman–Crippen LogP) is 2.52. The van der Waals surface area contributed by atoms with Crippen molar-refractivity contribution in [1.29, 1.82) is 0 Å². The lowest BCUT2D eigenvalue weighted by Crippen LogP contribution is -2.43. The fourth-order valence-corrected chi connectivity index (χ4v) is 4.30. The molecule has 2 aliphatic rings. The van der Waals surface area contributed by atoms with Gasteiger partial charge in [-0.25, -0.2) is 0 Å². The van der Waals surface area contributed by atoms with Crippen LogP contribution in [0.5, 0.6) is 0 Å². The van der Waals surface area contributed by atoms with Crippen LogP contribution in [0.3, 0.4) is 0 Å².